The minimum atomic E-state index is -4.41. The predicted molar refractivity (Wildman–Crippen MR) is 66.2 cm³/mol. The molecular weight excluding hydrogens is 277 g/mol. The van der Waals surface area contributed by atoms with Crippen molar-refractivity contribution in [1.82, 2.24) is 5.32 Å². The number of rotatable bonds is 4. The number of hydrogen-bond acceptors (Lipinski definition) is 3. The minimum Gasteiger partial charge on any atom is -0.349 e. The zero-order valence-electron chi connectivity index (χ0n) is 9.99. The molecule has 0 fully saturated rings. The fourth-order valence-corrected chi connectivity index (χ4v) is 1.74. The molecule has 0 aliphatic carbocycles. The van der Waals surface area contributed by atoms with Gasteiger partial charge in [-0.2, -0.15) is 18.4 Å². The molecule has 0 aliphatic rings. The van der Waals surface area contributed by atoms with Crippen LogP contribution in [0.2, 0.25) is 0 Å². The van der Waals surface area contributed by atoms with Gasteiger partial charge in [-0.25, -0.2) is 0 Å². The van der Waals surface area contributed by atoms with Crippen LogP contribution in [0, 0.1) is 11.3 Å². The van der Waals surface area contributed by atoms with Gasteiger partial charge in [-0.15, -0.1) is 0 Å². The van der Waals surface area contributed by atoms with Gasteiger partial charge in [-0.1, -0.05) is 12.1 Å². The summed E-state index contributed by atoms with van der Waals surface area (Å²) in [6.45, 7) is 1.66. The molecule has 1 N–H and O–H groups in total. The van der Waals surface area contributed by atoms with Crippen LogP contribution in [0.4, 0.5) is 13.2 Å². The second-order valence-electron chi connectivity index (χ2n) is 3.76. The average molecular weight is 288 g/mol. The van der Waals surface area contributed by atoms with Crippen LogP contribution in [0.3, 0.4) is 0 Å². The molecule has 102 valence electrons. The smallest absolute Gasteiger partial charge is 0.349 e. The quantitative estimate of drug-likeness (QED) is 0.926. The highest BCUT2D eigenvalue weighted by atomic mass is 32.2. The van der Waals surface area contributed by atoms with Crippen LogP contribution in [0.25, 0.3) is 0 Å². The maximum Gasteiger partial charge on any atom is 0.442 e. The van der Waals surface area contributed by atoms with Gasteiger partial charge in [-0.05, 0) is 36.4 Å². The zero-order valence-corrected chi connectivity index (χ0v) is 10.8. The molecule has 7 heteroatoms. The molecule has 1 aromatic rings. The van der Waals surface area contributed by atoms with Gasteiger partial charge >= 0.3 is 5.51 Å². The number of thioether (sulfide) groups is 1. The molecule has 0 saturated carbocycles. The van der Waals surface area contributed by atoms with E-state index in [1.807, 2.05) is 6.07 Å². The number of amides is 1. The Hall–Kier alpha value is -1.68. The van der Waals surface area contributed by atoms with E-state index < -0.39 is 23.2 Å². The molecule has 1 rings (SSSR count). The van der Waals surface area contributed by atoms with Crippen molar-refractivity contribution in [3.8, 4) is 6.07 Å². The van der Waals surface area contributed by atoms with Gasteiger partial charge in [0.2, 0.25) is 5.91 Å². The lowest BCUT2D eigenvalue weighted by Gasteiger charge is -2.14. The first-order valence-corrected chi connectivity index (χ1v) is 6.30. The second kappa shape index (κ2) is 6.48. The molecule has 0 bridgehead atoms. The van der Waals surface area contributed by atoms with E-state index in [-0.39, 0.29) is 11.8 Å². The summed E-state index contributed by atoms with van der Waals surface area (Å²) in [5.41, 5.74) is -3.20. The summed E-state index contributed by atoms with van der Waals surface area (Å²) in [5.74, 6) is -1.34. The summed E-state index contributed by atoms with van der Waals surface area (Å²) in [5, 5.41) is 11.1. The number of nitriles is 1. The van der Waals surface area contributed by atoms with Crippen molar-refractivity contribution >= 4 is 17.7 Å². The largest absolute Gasteiger partial charge is 0.442 e. The Balaban J connectivity index is 2.52. The van der Waals surface area contributed by atoms with Crippen LogP contribution < -0.4 is 5.32 Å². The fourth-order valence-electron chi connectivity index (χ4n) is 1.36. The third kappa shape index (κ3) is 5.66. The number of hydrogen-bond donors (Lipinski definition) is 1. The van der Waals surface area contributed by atoms with Crippen LogP contribution >= 0.6 is 11.8 Å². The van der Waals surface area contributed by atoms with Crippen molar-refractivity contribution in [3.63, 3.8) is 0 Å². The van der Waals surface area contributed by atoms with Gasteiger partial charge in [0.25, 0.3) is 0 Å². The monoisotopic (exact) mass is 288 g/mol. The van der Waals surface area contributed by atoms with Gasteiger partial charge < -0.3 is 5.32 Å². The van der Waals surface area contributed by atoms with E-state index in [1.165, 1.54) is 0 Å². The van der Waals surface area contributed by atoms with E-state index in [0.29, 0.717) is 5.56 Å². The Kier molecular flexibility index (Phi) is 5.24. The van der Waals surface area contributed by atoms with Crippen LogP contribution in [0.1, 0.15) is 24.1 Å². The van der Waals surface area contributed by atoms with Crippen molar-refractivity contribution in [3.05, 3.63) is 35.4 Å². The maximum absolute atomic E-state index is 11.9. The molecule has 1 amide bonds. The van der Waals surface area contributed by atoms with E-state index in [2.05, 4.69) is 5.32 Å². The average Bonchev–Trinajstić information content (AvgIpc) is 2.35. The highest BCUT2D eigenvalue weighted by molar-refractivity contribution is 8.00. The van der Waals surface area contributed by atoms with Crippen molar-refractivity contribution in [2.75, 3.05) is 5.75 Å². The van der Waals surface area contributed by atoms with Crippen LogP contribution in [-0.4, -0.2) is 17.2 Å². The van der Waals surface area contributed by atoms with E-state index >= 15 is 0 Å². The van der Waals surface area contributed by atoms with Crippen molar-refractivity contribution < 1.29 is 18.0 Å². The molecule has 0 radical (unpaired) electrons. The standard InChI is InChI=1S/C12H11F3N2OS/c1-8(10-4-2-9(6-16)3-5-10)17-11(18)7-19-12(13,14)15/h2-5,8H,7H2,1H3,(H,17,18). The van der Waals surface area contributed by atoms with E-state index in [1.54, 1.807) is 31.2 Å². The summed E-state index contributed by atoms with van der Waals surface area (Å²) in [6.07, 6.45) is 0. The fraction of sp³-hybridized carbons (Fsp3) is 0.333. The van der Waals surface area contributed by atoms with Crippen LogP contribution in [0.5, 0.6) is 0 Å². The lowest BCUT2D eigenvalue weighted by Crippen LogP contribution is -2.29. The summed E-state index contributed by atoms with van der Waals surface area (Å²) in [4.78, 5) is 11.3. The number of halogens is 3. The number of carbonyl (C=O) groups is 1. The summed E-state index contributed by atoms with van der Waals surface area (Å²) >= 11 is -0.370. The lowest BCUT2D eigenvalue weighted by atomic mass is 10.1. The highest BCUT2D eigenvalue weighted by Crippen LogP contribution is 2.29. The van der Waals surface area contributed by atoms with E-state index in [9.17, 15) is 18.0 Å². The molecule has 0 spiro atoms. The molecule has 0 aliphatic heterocycles. The summed E-state index contributed by atoms with van der Waals surface area (Å²) < 4.78 is 35.7. The second-order valence-corrected chi connectivity index (χ2v) is 4.80. The van der Waals surface area contributed by atoms with Crippen molar-refractivity contribution in [2.24, 2.45) is 0 Å². The Bertz CT molecular complexity index is 479. The Morgan fingerprint density at radius 1 is 1.42 bits per heavy atom. The third-order valence-corrected chi connectivity index (χ3v) is 3.02. The molecular formula is C12H11F3N2OS. The van der Waals surface area contributed by atoms with E-state index in [4.69, 9.17) is 5.26 Å². The van der Waals surface area contributed by atoms with Gasteiger partial charge in [0, 0.05) is 0 Å². The van der Waals surface area contributed by atoms with E-state index in [0.717, 1.165) is 5.56 Å². The van der Waals surface area contributed by atoms with Gasteiger partial charge in [0.15, 0.2) is 0 Å². The normalized spacial score (nSPS) is 12.6. The van der Waals surface area contributed by atoms with Crippen LogP contribution in [0.15, 0.2) is 24.3 Å². The number of nitrogens with zero attached hydrogens (tertiary/aromatic N) is 1. The Labute approximate surface area is 112 Å². The molecule has 0 aromatic heterocycles. The number of benzene rings is 1. The topological polar surface area (TPSA) is 52.9 Å². The molecule has 1 aromatic carbocycles. The molecule has 3 nitrogen and oxygen atoms in total. The molecule has 1 unspecified atom stereocenters. The predicted octanol–water partition coefficient (Wildman–Crippen LogP) is 2.99. The first-order valence-electron chi connectivity index (χ1n) is 5.32. The van der Waals surface area contributed by atoms with Gasteiger partial charge in [-0.3, -0.25) is 4.79 Å². The zero-order chi connectivity index (χ0) is 14.5. The number of alkyl halides is 3. The third-order valence-electron chi connectivity index (χ3n) is 2.28. The number of carbonyl (C=O) groups excluding carboxylic acids is 1. The van der Waals surface area contributed by atoms with Crippen molar-refractivity contribution in [2.45, 2.75) is 18.5 Å². The van der Waals surface area contributed by atoms with Gasteiger partial charge in [0.1, 0.15) is 0 Å². The summed E-state index contributed by atoms with van der Waals surface area (Å²) in [7, 11) is 0. The minimum absolute atomic E-state index is 0.370. The van der Waals surface area contributed by atoms with Crippen molar-refractivity contribution in [1.29, 1.82) is 5.26 Å². The van der Waals surface area contributed by atoms with Crippen LogP contribution in [-0.2, 0) is 4.79 Å². The van der Waals surface area contributed by atoms with Gasteiger partial charge in [0.05, 0.1) is 23.4 Å². The first kappa shape index (κ1) is 15.4. The summed E-state index contributed by atoms with van der Waals surface area (Å²) in [6, 6.07) is 8.02. The molecule has 19 heavy (non-hydrogen) atoms. The SMILES string of the molecule is CC(NC(=O)CSC(F)(F)F)c1ccc(C#N)cc1. The number of nitrogens with one attached hydrogen (secondary N) is 1. The Morgan fingerprint density at radius 2 is 2.00 bits per heavy atom. The molecule has 0 saturated heterocycles. The lowest BCUT2D eigenvalue weighted by molar-refractivity contribution is -0.119. The molecule has 0 heterocycles. The molecule has 1 atom stereocenters. The highest BCUT2D eigenvalue weighted by Gasteiger charge is 2.29. The first-order chi connectivity index (χ1) is 8.81. The maximum atomic E-state index is 11.9. The Morgan fingerprint density at radius 3 is 2.47 bits per heavy atom.